The van der Waals surface area contributed by atoms with Crippen molar-refractivity contribution in [2.75, 3.05) is 38.2 Å². The smallest absolute Gasteiger partial charge is 0.419 e. The van der Waals surface area contributed by atoms with Crippen LogP contribution in [-0.4, -0.2) is 59.3 Å². The summed E-state index contributed by atoms with van der Waals surface area (Å²) in [5, 5.41) is 21.7. The molecular formula is C25H30F3N5O2. The number of nitrogens with zero attached hydrogens (tertiary/aromatic N) is 4. The highest BCUT2D eigenvalue weighted by Gasteiger charge is 2.36. The van der Waals surface area contributed by atoms with Gasteiger partial charge < -0.3 is 24.6 Å². The maximum absolute atomic E-state index is 14.0. The Bertz CT molecular complexity index is 1100. The van der Waals surface area contributed by atoms with Crippen molar-refractivity contribution < 1.29 is 23.0 Å². The third kappa shape index (κ3) is 5.63. The van der Waals surface area contributed by atoms with Crippen LogP contribution in [0.5, 0.6) is 5.75 Å². The number of anilines is 1. The Balaban J connectivity index is 1.55. The van der Waals surface area contributed by atoms with Gasteiger partial charge in [0, 0.05) is 23.9 Å². The first-order valence-electron chi connectivity index (χ1n) is 11.9. The Morgan fingerprint density at radius 2 is 2.03 bits per heavy atom. The van der Waals surface area contributed by atoms with Gasteiger partial charge in [-0.3, -0.25) is 0 Å². The van der Waals surface area contributed by atoms with Crippen LogP contribution in [0.25, 0.3) is 0 Å². The zero-order valence-corrected chi connectivity index (χ0v) is 19.7. The summed E-state index contributed by atoms with van der Waals surface area (Å²) < 4.78 is 49.3. The minimum atomic E-state index is -4.61. The number of hydrogen-bond acceptors (Lipinski definition) is 6. The second-order valence-electron chi connectivity index (χ2n) is 8.87. The van der Waals surface area contributed by atoms with E-state index in [0.717, 1.165) is 45.0 Å². The quantitative estimate of drug-likeness (QED) is 0.583. The fourth-order valence-electron chi connectivity index (χ4n) is 4.72. The van der Waals surface area contributed by atoms with Gasteiger partial charge in [0.05, 0.1) is 24.5 Å². The molecule has 2 aromatic rings. The minimum absolute atomic E-state index is 0.117. The number of rotatable bonds is 8. The first kappa shape index (κ1) is 25.1. The number of aliphatic hydroxyl groups excluding tert-OH is 1. The molecule has 1 atom stereocenters. The number of piperidine rings is 1. The van der Waals surface area contributed by atoms with Gasteiger partial charge in [-0.2, -0.15) is 18.4 Å². The average molecular weight is 490 g/mol. The molecule has 10 heteroatoms. The van der Waals surface area contributed by atoms with E-state index >= 15 is 0 Å². The highest BCUT2D eigenvalue weighted by Crippen LogP contribution is 2.38. The third-order valence-corrected chi connectivity index (χ3v) is 6.71. The van der Waals surface area contributed by atoms with Gasteiger partial charge in [0.25, 0.3) is 0 Å². The molecule has 2 aliphatic heterocycles. The highest BCUT2D eigenvalue weighted by molar-refractivity contribution is 6.17. The van der Waals surface area contributed by atoms with E-state index in [-0.39, 0.29) is 31.1 Å². The lowest BCUT2D eigenvalue weighted by Crippen LogP contribution is -2.33. The zero-order chi connectivity index (χ0) is 25.0. The molecule has 2 N–H and O–H groups in total. The van der Waals surface area contributed by atoms with Gasteiger partial charge in [0.15, 0.2) is 0 Å². The molecule has 0 spiro atoms. The maximum atomic E-state index is 14.0. The molecule has 1 saturated heterocycles. The molecule has 0 radical (unpaired) electrons. The van der Waals surface area contributed by atoms with Crippen molar-refractivity contribution in [3.05, 3.63) is 47.2 Å². The number of aliphatic imine (C=N–C) groups is 1. The predicted molar refractivity (Wildman–Crippen MR) is 127 cm³/mol. The Morgan fingerprint density at radius 1 is 1.26 bits per heavy atom. The average Bonchev–Trinajstić information content (AvgIpc) is 3.26. The van der Waals surface area contributed by atoms with E-state index in [1.165, 1.54) is 6.07 Å². The van der Waals surface area contributed by atoms with Gasteiger partial charge in [-0.15, -0.1) is 0 Å². The molecule has 35 heavy (non-hydrogen) atoms. The van der Waals surface area contributed by atoms with Crippen LogP contribution in [0.4, 0.5) is 19.0 Å². The zero-order valence-electron chi connectivity index (χ0n) is 19.7. The molecule has 0 amide bonds. The lowest BCUT2D eigenvalue weighted by molar-refractivity contribution is -0.139. The second kappa shape index (κ2) is 10.7. The fourth-order valence-corrected chi connectivity index (χ4v) is 4.72. The number of ether oxygens (including phenoxy) is 1. The molecule has 4 rings (SSSR count). The monoisotopic (exact) mass is 489 g/mol. The fraction of sp³-hybridized carbons (Fsp3) is 0.520. The molecule has 0 bridgehead atoms. The molecule has 0 aliphatic carbocycles. The van der Waals surface area contributed by atoms with Gasteiger partial charge in [0.1, 0.15) is 17.6 Å². The van der Waals surface area contributed by atoms with Crippen molar-refractivity contribution in [2.45, 2.75) is 45.1 Å². The van der Waals surface area contributed by atoms with E-state index < -0.39 is 17.9 Å². The standard InChI is InChI=1S/C25H30F3N5O2/c1-2-32-9-5-17(6-10-32)8-14-35-21-4-3-18(15-20(21)25(26,27)28)23-19-7-11-33(12-13-34)24(19)31-22(16-29)30-23/h3-4,7,11,15,17,22,31,34H,2,5-6,8-10,12-14H2,1H3. The summed E-state index contributed by atoms with van der Waals surface area (Å²) in [6.45, 7) is 5.59. The van der Waals surface area contributed by atoms with Crippen LogP contribution in [0.2, 0.25) is 0 Å². The number of aromatic nitrogens is 1. The Morgan fingerprint density at radius 3 is 2.69 bits per heavy atom. The number of aliphatic hydroxyl groups is 1. The lowest BCUT2D eigenvalue weighted by atomic mass is 9.94. The Labute approximate surface area is 202 Å². The maximum Gasteiger partial charge on any atom is 0.419 e. The lowest BCUT2D eigenvalue weighted by Gasteiger charge is -2.31. The van der Waals surface area contributed by atoms with E-state index in [0.29, 0.717) is 23.0 Å². The number of alkyl halides is 3. The molecule has 3 heterocycles. The topological polar surface area (TPSA) is 85.8 Å². The number of nitrogens with one attached hydrogen (secondary N) is 1. The molecular weight excluding hydrogens is 459 g/mol. The number of hydrogen-bond donors (Lipinski definition) is 2. The SMILES string of the molecule is CCN1CCC(CCOc2ccc(C3=NC(C#N)Nc4c3ccn4CCO)cc2C(F)(F)F)CC1. The molecule has 188 valence electrons. The number of likely N-dealkylation sites (tertiary alicyclic amines) is 1. The first-order valence-corrected chi connectivity index (χ1v) is 11.9. The minimum Gasteiger partial charge on any atom is -0.493 e. The summed E-state index contributed by atoms with van der Waals surface area (Å²) in [6.07, 6.45) is -1.06. The summed E-state index contributed by atoms with van der Waals surface area (Å²) in [7, 11) is 0. The van der Waals surface area contributed by atoms with E-state index in [4.69, 9.17) is 4.74 Å². The van der Waals surface area contributed by atoms with Crippen LogP contribution in [0.15, 0.2) is 35.5 Å². The van der Waals surface area contributed by atoms with Crippen molar-refractivity contribution in [1.29, 1.82) is 5.26 Å². The van der Waals surface area contributed by atoms with Gasteiger partial charge in [-0.1, -0.05) is 6.92 Å². The van der Waals surface area contributed by atoms with E-state index in [1.54, 1.807) is 22.9 Å². The molecule has 1 aromatic heterocycles. The Kier molecular flexibility index (Phi) is 7.67. The van der Waals surface area contributed by atoms with Crippen molar-refractivity contribution in [3.63, 3.8) is 0 Å². The van der Waals surface area contributed by atoms with Crippen LogP contribution in [0.1, 0.15) is 42.9 Å². The van der Waals surface area contributed by atoms with Crippen molar-refractivity contribution >= 4 is 11.5 Å². The number of benzene rings is 1. The molecule has 2 aliphatic rings. The summed E-state index contributed by atoms with van der Waals surface area (Å²) in [6, 6.07) is 7.65. The van der Waals surface area contributed by atoms with Crippen molar-refractivity contribution in [1.82, 2.24) is 9.47 Å². The van der Waals surface area contributed by atoms with Gasteiger partial charge in [-0.25, -0.2) is 4.99 Å². The number of fused-ring (bicyclic) bond motifs is 1. The van der Waals surface area contributed by atoms with Gasteiger partial charge >= 0.3 is 6.18 Å². The summed E-state index contributed by atoms with van der Waals surface area (Å²) in [5.74, 6) is 0.801. The highest BCUT2D eigenvalue weighted by atomic mass is 19.4. The summed E-state index contributed by atoms with van der Waals surface area (Å²) in [4.78, 5) is 6.71. The second-order valence-corrected chi connectivity index (χ2v) is 8.87. The Hall–Kier alpha value is -3.03. The molecule has 1 aromatic carbocycles. The van der Waals surface area contributed by atoms with Crippen LogP contribution >= 0.6 is 0 Å². The normalized spacial score (nSPS) is 19.0. The first-order chi connectivity index (χ1) is 16.8. The van der Waals surface area contributed by atoms with E-state index in [9.17, 15) is 23.5 Å². The largest absolute Gasteiger partial charge is 0.493 e. The van der Waals surface area contributed by atoms with E-state index in [2.05, 4.69) is 22.1 Å². The van der Waals surface area contributed by atoms with Crippen LogP contribution in [0, 0.1) is 17.2 Å². The molecule has 1 unspecified atom stereocenters. The predicted octanol–water partition coefficient (Wildman–Crippen LogP) is 4.11. The number of halogens is 3. The summed E-state index contributed by atoms with van der Waals surface area (Å²) >= 11 is 0. The van der Waals surface area contributed by atoms with Crippen molar-refractivity contribution in [2.24, 2.45) is 10.9 Å². The van der Waals surface area contributed by atoms with Crippen LogP contribution in [0.3, 0.4) is 0 Å². The van der Waals surface area contributed by atoms with Gasteiger partial charge in [0.2, 0.25) is 6.17 Å². The third-order valence-electron chi connectivity index (χ3n) is 6.71. The van der Waals surface area contributed by atoms with Gasteiger partial charge in [-0.05, 0) is 69.1 Å². The summed E-state index contributed by atoms with van der Waals surface area (Å²) in [5.41, 5.74) is 0.259. The van der Waals surface area contributed by atoms with Crippen molar-refractivity contribution in [3.8, 4) is 11.8 Å². The number of nitriles is 1. The molecule has 0 saturated carbocycles. The van der Waals surface area contributed by atoms with Crippen LogP contribution < -0.4 is 10.1 Å². The molecule has 7 nitrogen and oxygen atoms in total. The van der Waals surface area contributed by atoms with E-state index in [1.807, 2.05) is 6.07 Å². The molecule has 1 fully saturated rings. The van der Waals surface area contributed by atoms with Crippen LogP contribution in [-0.2, 0) is 12.7 Å².